The highest BCUT2D eigenvalue weighted by molar-refractivity contribution is 6.02. The number of ketones is 1. The Kier molecular flexibility index (Phi) is 8.68. The van der Waals surface area contributed by atoms with Crippen LogP contribution in [0.1, 0.15) is 50.9 Å². The first-order chi connectivity index (χ1) is 12.6. The van der Waals surface area contributed by atoms with E-state index in [1.54, 1.807) is 26.0 Å². The molecular formula is C19H33N5O3. The van der Waals surface area contributed by atoms with Crippen LogP contribution in [-0.4, -0.2) is 43.0 Å². The number of hydrazine groups is 1. The third kappa shape index (κ3) is 7.16. The predicted octanol–water partition coefficient (Wildman–Crippen LogP) is 1.16. The minimum atomic E-state index is -1.06. The second kappa shape index (κ2) is 10.2. The van der Waals surface area contributed by atoms with Crippen LogP contribution >= 0.6 is 0 Å². The number of hydrogen-bond donors (Lipinski definition) is 5. The zero-order valence-corrected chi connectivity index (χ0v) is 16.9. The smallest absolute Gasteiger partial charge is 0.255 e. The van der Waals surface area contributed by atoms with E-state index < -0.39 is 11.6 Å². The van der Waals surface area contributed by atoms with Gasteiger partial charge in [0, 0.05) is 18.3 Å². The molecule has 0 saturated heterocycles. The molecular weight excluding hydrogens is 346 g/mol. The Labute approximate surface area is 161 Å². The number of hydrogen-bond acceptors (Lipinski definition) is 7. The normalized spacial score (nSPS) is 12.6. The molecule has 1 unspecified atom stereocenters. The van der Waals surface area contributed by atoms with Crippen molar-refractivity contribution in [3.8, 4) is 5.75 Å². The maximum atomic E-state index is 12.9. The number of methoxy groups -OCH3 is 1. The molecule has 0 aliphatic heterocycles. The Bertz CT molecular complexity index is 641. The van der Waals surface area contributed by atoms with Crippen LogP contribution < -0.4 is 32.4 Å². The van der Waals surface area contributed by atoms with Gasteiger partial charge in [0.15, 0.2) is 5.78 Å². The van der Waals surface area contributed by atoms with Crippen LogP contribution in [0.5, 0.6) is 5.75 Å². The highest BCUT2D eigenvalue weighted by atomic mass is 16.5. The summed E-state index contributed by atoms with van der Waals surface area (Å²) in [5.41, 5.74) is 8.60. The molecule has 0 heterocycles. The second-order valence-corrected chi connectivity index (χ2v) is 7.42. The fourth-order valence-electron chi connectivity index (χ4n) is 2.67. The van der Waals surface area contributed by atoms with E-state index in [4.69, 9.17) is 16.3 Å². The third-order valence-electron chi connectivity index (χ3n) is 3.97. The second-order valence-electron chi connectivity index (χ2n) is 7.42. The maximum Gasteiger partial charge on any atom is 0.255 e. The van der Waals surface area contributed by atoms with Crippen molar-refractivity contribution in [3.63, 3.8) is 0 Å². The minimum Gasteiger partial charge on any atom is -0.496 e. The molecule has 152 valence electrons. The number of anilines is 1. The van der Waals surface area contributed by atoms with Gasteiger partial charge in [-0.2, -0.15) is 0 Å². The molecule has 27 heavy (non-hydrogen) atoms. The van der Waals surface area contributed by atoms with Crippen LogP contribution in [0, 0.1) is 0 Å². The Balaban J connectivity index is 3.07. The molecule has 0 aromatic heterocycles. The van der Waals surface area contributed by atoms with Gasteiger partial charge in [0.2, 0.25) is 0 Å². The zero-order chi connectivity index (χ0) is 20.6. The first-order valence-corrected chi connectivity index (χ1v) is 9.12. The molecule has 8 heteroatoms. The van der Waals surface area contributed by atoms with Gasteiger partial charge in [-0.05, 0) is 58.7 Å². The monoisotopic (exact) mass is 379 g/mol. The number of amides is 1. The van der Waals surface area contributed by atoms with Crippen LogP contribution in [-0.2, 0) is 4.79 Å². The molecule has 0 aliphatic carbocycles. The number of benzene rings is 1. The predicted molar refractivity (Wildman–Crippen MR) is 108 cm³/mol. The number of nitrogens with two attached hydrogens (primary N) is 2. The lowest BCUT2D eigenvalue weighted by Gasteiger charge is -2.26. The summed E-state index contributed by atoms with van der Waals surface area (Å²) >= 11 is 0. The molecule has 0 fully saturated rings. The van der Waals surface area contributed by atoms with E-state index in [-0.39, 0.29) is 17.7 Å². The number of nitrogens with one attached hydrogen (secondary N) is 3. The van der Waals surface area contributed by atoms with Gasteiger partial charge < -0.3 is 21.1 Å². The molecule has 0 aliphatic rings. The molecule has 1 aromatic rings. The average molecular weight is 380 g/mol. The average Bonchev–Trinajstić information content (AvgIpc) is 2.58. The first kappa shape index (κ1) is 22.9. The van der Waals surface area contributed by atoms with Gasteiger partial charge in [-0.25, -0.2) is 0 Å². The van der Waals surface area contributed by atoms with Crippen molar-refractivity contribution in [1.82, 2.24) is 10.7 Å². The zero-order valence-electron chi connectivity index (χ0n) is 16.9. The largest absolute Gasteiger partial charge is 0.496 e. The highest BCUT2D eigenvalue weighted by Gasteiger charge is 2.31. The Morgan fingerprint density at radius 3 is 2.44 bits per heavy atom. The molecule has 0 bridgehead atoms. The highest BCUT2D eigenvalue weighted by Crippen LogP contribution is 2.23. The number of rotatable bonds is 11. The standard InChI is InChI=1S/C19H33N5O3/c1-12(2)23-13-8-9-16(27-5)14(11-13)18(26)24-15(7-6-10-22-21)17(25)19(3,4)20/h8-9,11-12,15,22-23H,6-7,10,20-21H2,1-5H3,(H,24,26). The van der Waals surface area contributed by atoms with Crippen molar-refractivity contribution in [1.29, 1.82) is 0 Å². The quantitative estimate of drug-likeness (QED) is 0.221. The molecule has 1 amide bonds. The maximum absolute atomic E-state index is 12.9. The number of Topliss-reactive ketones (excluding diaryl/α,β-unsaturated/α-hetero) is 1. The lowest BCUT2D eigenvalue weighted by atomic mass is 9.91. The van der Waals surface area contributed by atoms with Crippen molar-refractivity contribution in [2.75, 3.05) is 19.0 Å². The summed E-state index contributed by atoms with van der Waals surface area (Å²) in [5, 5.41) is 6.06. The van der Waals surface area contributed by atoms with Crippen LogP contribution in [0.2, 0.25) is 0 Å². The van der Waals surface area contributed by atoms with Crippen LogP contribution in [0.25, 0.3) is 0 Å². The summed E-state index contributed by atoms with van der Waals surface area (Å²) in [7, 11) is 1.50. The van der Waals surface area contributed by atoms with E-state index >= 15 is 0 Å². The Morgan fingerprint density at radius 2 is 1.93 bits per heavy atom. The van der Waals surface area contributed by atoms with E-state index in [0.717, 1.165) is 5.69 Å². The van der Waals surface area contributed by atoms with Crippen molar-refractivity contribution < 1.29 is 14.3 Å². The summed E-state index contributed by atoms with van der Waals surface area (Å²) in [6.07, 6.45) is 1.05. The van der Waals surface area contributed by atoms with E-state index in [1.807, 2.05) is 19.9 Å². The van der Waals surface area contributed by atoms with E-state index in [1.165, 1.54) is 7.11 Å². The number of ether oxygens (including phenoxy) is 1. The van der Waals surface area contributed by atoms with Crippen molar-refractivity contribution >= 4 is 17.4 Å². The van der Waals surface area contributed by atoms with Crippen molar-refractivity contribution in [2.45, 2.75) is 58.2 Å². The van der Waals surface area contributed by atoms with Gasteiger partial charge >= 0.3 is 0 Å². The molecule has 0 saturated carbocycles. The molecule has 0 radical (unpaired) electrons. The van der Waals surface area contributed by atoms with Gasteiger partial charge in [-0.1, -0.05) is 0 Å². The fourth-order valence-corrected chi connectivity index (χ4v) is 2.67. The Morgan fingerprint density at radius 1 is 1.26 bits per heavy atom. The minimum absolute atomic E-state index is 0.213. The van der Waals surface area contributed by atoms with Crippen LogP contribution in [0.3, 0.4) is 0 Å². The Hall–Kier alpha value is -2.16. The third-order valence-corrected chi connectivity index (χ3v) is 3.97. The van der Waals surface area contributed by atoms with E-state index in [0.29, 0.717) is 30.7 Å². The van der Waals surface area contributed by atoms with Crippen molar-refractivity contribution in [3.05, 3.63) is 23.8 Å². The van der Waals surface area contributed by atoms with Crippen LogP contribution in [0.15, 0.2) is 18.2 Å². The first-order valence-electron chi connectivity index (χ1n) is 9.12. The molecule has 1 atom stereocenters. The summed E-state index contributed by atoms with van der Waals surface area (Å²) in [5.74, 6) is 5.11. The summed E-state index contributed by atoms with van der Waals surface area (Å²) in [6, 6.07) is 4.78. The summed E-state index contributed by atoms with van der Waals surface area (Å²) in [4.78, 5) is 25.5. The topological polar surface area (TPSA) is 132 Å². The summed E-state index contributed by atoms with van der Waals surface area (Å²) in [6.45, 7) is 7.80. The summed E-state index contributed by atoms with van der Waals surface area (Å²) < 4.78 is 5.31. The van der Waals surface area contributed by atoms with E-state index in [9.17, 15) is 9.59 Å². The number of carbonyl (C=O) groups excluding carboxylic acids is 2. The van der Waals surface area contributed by atoms with Gasteiger partial charge in [0.1, 0.15) is 5.75 Å². The molecule has 1 aromatic carbocycles. The van der Waals surface area contributed by atoms with Gasteiger partial charge in [0.25, 0.3) is 5.91 Å². The molecule has 8 nitrogen and oxygen atoms in total. The van der Waals surface area contributed by atoms with Crippen molar-refractivity contribution in [2.24, 2.45) is 11.6 Å². The van der Waals surface area contributed by atoms with Gasteiger partial charge in [0.05, 0.1) is 24.3 Å². The molecule has 0 spiro atoms. The van der Waals surface area contributed by atoms with Gasteiger partial charge in [-0.15, -0.1) is 0 Å². The van der Waals surface area contributed by atoms with Crippen LogP contribution in [0.4, 0.5) is 5.69 Å². The SMILES string of the molecule is COc1ccc(NC(C)C)cc1C(=O)NC(CCCNN)C(=O)C(C)(C)N. The lowest BCUT2D eigenvalue weighted by Crippen LogP contribution is -2.53. The van der Waals surface area contributed by atoms with Gasteiger partial charge in [-0.3, -0.25) is 20.9 Å². The molecule has 1 rings (SSSR count). The number of carbonyl (C=O) groups is 2. The lowest BCUT2D eigenvalue weighted by molar-refractivity contribution is -0.125. The van der Waals surface area contributed by atoms with E-state index in [2.05, 4.69) is 16.1 Å². The fraction of sp³-hybridized carbons (Fsp3) is 0.579. The molecule has 7 N–H and O–H groups in total.